The normalized spacial score (nSPS) is 10.3. The van der Waals surface area contributed by atoms with Gasteiger partial charge in [-0.15, -0.1) is 11.3 Å². The number of hydrogen-bond acceptors (Lipinski definition) is 3. The van der Waals surface area contributed by atoms with Gasteiger partial charge in [-0.3, -0.25) is 0 Å². The standard InChI is InChI=1S/C9H14BrN3OS/c1-6-8(10)4-7(15-6)5-12-2-3-13-9(11)14/h4,12H,2-3,5H2,1H3,(H3,11,13,14). The Morgan fingerprint density at radius 3 is 2.87 bits per heavy atom. The van der Waals surface area contributed by atoms with Crippen molar-refractivity contribution < 1.29 is 4.79 Å². The van der Waals surface area contributed by atoms with E-state index in [1.165, 1.54) is 9.75 Å². The third-order valence-corrected chi connectivity index (χ3v) is 3.95. The van der Waals surface area contributed by atoms with E-state index in [9.17, 15) is 4.79 Å². The summed E-state index contributed by atoms with van der Waals surface area (Å²) < 4.78 is 1.15. The SMILES string of the molecule is Cc1sc(CNCCNC(N)=O)cc1Br. The van der Waals surface area contributed by atoms with Crippen molar-refractivity contribution in [1.29, 1.82) is 0 Å². The van der Waals surface area contributed by atoms with Crippen LogP contribution in [-0.2, 0) is 6.54 Å². The zero-order valence-electron chi connectivity index (χ0n) is 8.47. The molecule has 6 heteroatoms. The van der Waals surface area contributed by atoms with Crippen LogP contribution < -0.4 is 16.4 Å². The molecule has 1 heterocycles. The lowest BCUT2D eigenvalue weighted by Crippen LogP contribution is -2.35. The quantitative estimate of drug-likeness (QED) is 0.721. The summed E-state index contributed by atoms with van der Waals surface area (Å²) in [6.45, 7) is 4.17. The molecule has 0 aliphatic rings. The van der Waals surface area contributed by atoms with Gasteiger partial charge in [-0.25, -0.2) is 4.79 Å². The van der Waals surface area contributed by atoms with E-state index in [4.69, 9.17) is 5.73 Å². The molecule has 15 heavy (non-hydrogen) atoms. The van der Waals surface area contributed by atoms with Gasteiger partial charge in [-0.1, -0.05) is 0 Å². The first kappa shape index (κ1) is 12.5. The highest BCUT2D eigenvalue weighted by atomic mass is 79.9. The Kier molecular flexibility index (Phi) is 5.07. The summed E-state index contributed by atoms with van der Waals surface area (Å²) in [4.78, 5) is 12.9. The van der Waals surface area contributed by atoms with Crippen LogP contribution in [-0.4, -0.2) is 19.1 Å². The zero-order valence-corrected chi connectivity index (χ0v) is 10.9. The second-order valence-electron chi connectivity index (χ2n) is 3.08. The average Bonchev–Trinajstić information content (AvgIpc) is 2.45. The summed E-state index contributed by atoms with van der Waals surface area (Å²) in [7, 11) is 0. The number of halogens is 1. The van der Waals surface area contributed by atoms with Gasteiger partial charge in [0, 0.05) is 33.9 Å². The first-order chi connectivity index (χ1) is 7.09. The molecule has 0 unspecified atom stereocenters. The van der Waals surface area contributed by atoms with Gasteiger partial charge in [0.05, 0.1) is 0 Å². The van der Waals surface area contributed by atoms with Gasteiger partial charge in [0.1, 0.15) is 0 Å². The maximum atomic E-state index is 10.4. The van der Waals surface area contributed by atoms with Crippen LogP contribution in [0.5, 0.6) is 0 Å². The van der Waals surface area contributed by atoms with Gasteiger partial charge in [0.2, 0.25) is 0 Å². The van der Waals surface area contributed by atoms with Crippen LogP contribution in [0.2, 0.25) is 0 Å². The Balaban J connectivity index is 2.18. The van der Waals surface area contributed by atoms with E-state index in [-0.39, 0.29) is 0 Å². The molecule has 0 aliphatic heterocycles. The van der Waals surface area contributed by atoms with E-state index in [2.05, 4.69) is 39.6 Å². The highest BCUT2D eigenvalue weighted by Gasteiger charge is 2.01. The van der Waals surface area contributed by atoms with Crippen molar-refractivity contribution in [3.63, 3.8) is 0 Å². The number of hydrogen-bond donors (Lipinski definition) is 3. The second kappa shape index (κ2) is 6.09. The van der Waals surface area contributed by atoms with E-state index in [1.54, 1.807) is 11.3 Å². The van der Waals surface area contributed by atoms with E-state index >= 15 is 0 Å². The van der Waals surface area contributed by atoms with Crippen molar-refractivity contribution in [2.75, 3.05) is 13.1 Å². The molecular weight excluding hydrogens is 278 g/mol. The van der Waals surface area contributed by atoms with Crippen LogP contribution >= 0.6 is 27.3 Å². The van der Waals surface area contributed by atoms with Gasteiger partial charge < -0.3 is 16.4 Å². The number of rotatable bonds is 5. The molecule has 0 atom stereocenters. The van der Waals surface area contributed by atoms with Crippen LogP contribution in [0.1, 0.15) is 9.75 Å². The van der Waals surface area contributed by atoms with Crippen molar-refractivity contribution >= 4 is 33.3 Å². The zero-order chi connectivity index (χ0) is 11.3. The third-order valence-electron chi connectivity index (χ3n) is 1.81. The van der Waals surface area contributed by atoms with Crippen LogP contribution in [0.3, 0.4) is 0 Å². The molecule has 0 aromatic carbocycles. The van der Waals surface area contributed by atoms with Gasteiger partial charge in [-0.2, -0.15) is 0 Å². The van der Waals surface area contributed by atoms with Gasteiger partial charge in [-0.05, 0) is 28.9 Å². The monoisotopic (exact) mass is 291 g/mol. The van der Waals surface area contributed by atoms with Crippen molar-refractivity contribution in [3.05, 3.63) is 20.3 Å². The van der Waals surface area contributed by atoms with Crippen LogP contribution in [0.4, 0.5) is 4.79 Å². The minimum atomic E-state index is -0.480. The summed E-state index contributed by atoms with van der Waals surface area (Å²) in [6.07, 6.45) is 0. The number of nitrogens with two attached hydrogens (primary N) is 1. The molecule has 4 N–H and O–H groups in total. The van der Waals surface area contributed by atoms with Gasteiger partial charge >= 0.3 is 6.03 Å². The van der Waals surface area contributed by atoms with Crippen molar-refractivity contribution in [1.82, 2.24) is 10.6 Å². The minimum absolute atomic E-state index is 0.480. The number of thiophene rings is 1. The number of carbonyl (C=O) groups excluding carboxylic acids is 1. The highest BCUT2D eigenvalue weighted by molar-refractivity contribution is 9.10. The number of aryl methyl sites for hydroxylation is 1. The Labute approximate surface area is 101 Å². The van der Waals surface area contributed by atoms with Gasteiger partial charge in [0.25, 0.3) is 0 Å². The molecule has 0 spiro atoms. The lowest BCUT2D eigenvalue weighted by molar-refractivity contribution is 0.249. The first-order valence-electron chi connectivity index (χ1n) is 4.58. The van der Waals surface area contributed by atoms with E-state index in [0.717, 1.165) is 17.6 Å². The smallest absolute Gasteiger partial charge is 0.312 e. The molecule has 0 saturated carbocycles. The predicted molar refractivity (Wildman–Crippen MR) is 66.0 cm³/mol. The van der Waals surface area contributed by atoms with Crippen molar-refractivity contribution in [2.45, 2.75) is 13.5 Å². The van der Waals surface area contributed by atoms with E-state index < -0.39 is 6.03 Å². The largest absolute Gasteiger partial charge is 0.352 e. The predicted octanol–water partition coefficient (Wildman–Crippen LogP) is 1.58. The summed E-state index contributed by atoms with van der Waals surface area (Å²) in [5.41, 5.74) is 4.93. The summed E-state index contributed by atoms with van der Waals surface area (Å²) >= 11 is 5.22. The molecule has 0 bridgehead atoms. The summed E-state index contributed by atoms with van der Waals surface area (Å²) in [5, 5.41) is 5.74. The lowest BCUT2D eigenvalue weighted by atomic mass is 10.4. The number of amides is 2. The Morgan fingerprint density at radius 2 is 2.33 bits per heavy atom. The van der Waals surface area contributed by atoms with Crippen LogP contribution in [0, 0.1) is 6.92 Å². The molecule has 0 radical (unpaired) electrons. The van der Waals surface area contributed by atoms with Crippen molar-refractivity contribution in [2.24, 2.45) is 5.73 Å². The third kappa shape index (κ3) is 4.63. The first-order valence-corrected chi connectivity index (χ1v) is 6.19. The van der Waals surface area contributed by atoms with Gasteiger partial charge in [0.15, 0.2) is 0 Å². The van der Waals surface area contributed by atoms with Crippen LogP contribution in [0.25, 0.3) is 0 Å². The van der Waals surface area contributed by atoms with Crippen molar-refractivity contribution in [3.8, 4) is 0 Å². The molecule has 1 aromatic heterocycles. The second-order valence-corrected chi connectivity index (χ2v) is 5.28. The lowest BCUT2D eigenvalue weighted by Gasteiger charge is -2.02. The summed E-state index contributed by atoms with van der Waals surface area (Å²) in [5.74, 6) is 0. The Morgan fingerprint density at radius 1 is 1.60 bits per heavy atom. The van der Waals surface area contributed by atoms with Crippen LogP contribution in [0.15, 0.2) is 10.5 Å². The fourth-order valence-electron chi connectivity index (χ4n) is 1.09. The number of primary amides is 1. The fourth-order valence-corrected chi connectivity index (χ4v) is 2.66. The highest BCUT2D eigenvalue weighted by Crippen LogP contribution is 2.25. The van der Waals surface area contributed by atoms with E-state index in [0.29, 0.717) is 6.54 Å². The molecular formula is C9H14BrN3OS. The average molecular weight is 292 g/mol. The number of nitrogens with one attached hydrogen (secondary N) is 2. The minimum Gasteiger partial charge on any atom is -0.352 e. The molecule has 0 fully saturated rings. The fraction of sp³-hybridized carbons (Fsp3) is 0.444. The topological polar surface area (TPSA) is 67.2 Å². The molecule has 4 nitrogen and oxygen atoms in total. The Bertz CT molecular complexity index is 321. The molecule has 0 saturated heterocycles. The Hall–Kier alpha value is -0.590. The maximum absolute atomic E-state index is 10.4. The molecule has 1 aromatic rings. The number of urea groups is 1. The maximum Gasteiger partial charge on any atom is 0.312 e. The molecule has 84 valence electrons. The van der Waals surface area contributed by atoms with E-state index in [1.807, 2.05) is 0 Å². The molecule has 1 rings (SSSR count). The number of carbonyl (C=O) groups is 1. The molecule has 2 amide bonds. The molecule has 0 aliphatic carbocycles. The summed E-state index contributed by atoms with van der Waals surface area (Å²) in [6, 6.07) is 1.63.